The van der Waals surface area contributed by atoms with Gasteiger partial charge in [-0.1, -0.05) is 23.2 Å². The highest BCUT2D eigenvalue weighted by Gasteiger charge is 2.26. The Bertz CT molecular complexity index is 1220. The van der Waals surface area contributed by atoms with Crippen LogP contribution >= 0.6 is 23.2 Å². The van der Waals surface area contributed by atoms with Crippen molar-refractivity contribution in [2.75, 3.05) is 32.7 Å². The van der Waals surface area contributed by atoms with Crippen molar-refractivity contribution >= 4 is 39.9 Å². The second-order valence-electron chi connectivity index (χ2n) is 9.84. The molecule has 5 rings (SSSR count). The second kappa shape index (κ2) is 10.7. The zero-order chi connectivity index (χ0) is 24.4. The Hall–Kier alpha value is -2.47. The number of ketones is 1. The predicted octanol–water partition coefficient (Wildman–Crippen LogP) is 6.47. The number of aromatic nitrogens is 1. The van der Waals surface area contributed by atoms with Crippen LogP contribution in [0.3, 0.4) is 0 Å². The molecular weight excluding hydrogens is 481 g/mol. The Kier molecular flexibility index (Phi) is 7.37. The number of likely N-dealkylation sites (tertiary alicyclic amines) is 2. The van der Waals surface area contributed by atoms with Gasteiger partial charge in [-0.3, -0.25) is 4.79 Å². The number of hydrogen-bond acceptors (Lipinski definition) is 4. The molecule has 5 nitrogen and oxygen atoms in total. The summed E-state index contributed by atoms with van der Waals surface area (Å²) in [5, 5.41) is 11.9. The minimum Gasteiger partial charge on any atom is -0.508 e. The molecule has 3 aromatic rings. The highest BCUT2D eigenvalue weighted by atomic mass is 35.5. The molecule has 0 unspecified atom stereocenters. The van der Waals surface area contributed by atoms with Gasteiger partial charge in [0.05, 0.1) is 10.0 Å². The first-order valence-electron chi connectivity index (χ1n) is 12.4. The van der Waals surface area contributed by atoms with Gasteiger partial charge in [-0.15, -0.1) is 0 Å². The molecular formula is C28H31Cl2N3O2. The molecule has 3 heterocycles. The van der Waals surface area contributed by atoms with Gasteiger partial charge in [0.15, 0.2) is 5.78 Å². The number of allylic oxidation sites excluding steroid dienone is 1. The van der Waals surface area contributed by atoms with Crippen LogP contribution in [0.25, 0.3) is 10.9 Å². The van der Waals surface area contributed by atoms with E-state index in [1.807, 2.05) is 18.3 Å². The molecule has 7 heteroatoms. The number of piperidine rings is 2. The van der Waals surface area contributed by atoms with Gasteiger partial charge in [0.25, 0.3) is 0 Å². The third kappa shape index (κ3) is 5.69. The van der Waals surface area contributed by atoms with Crippen molar-refractivity contribution in [2.45, 2.75) is 31.6 Å². The van der Waals surface area contributed by atoms with Crippen LogP contribution < -0.4 is 0 Å². The molecule has 0 atom stereocenters. The molecule has 184 valence electrons. The number of halogens is 2. The summed E-state index contributed by atoms with van der Waals surface area (Å²) >= 11 is 12.0. The monoisotopic (exact) mass is 511 g/mol. The maximum atomic E-state index is 12.4. The number of aromatic hydroxyl groups is 1. The number of carbonyl (C=O) groups excluding carboxylic acids is 1. The number of hydrogen-bond donors (Lipinski definition) is 2. The highest BCUT2D eigenvalue weighted by molar-refractivity contribution is 6.42. The van der Waals surface area contributed by atoms with Gasteiger partial charge < -0.3 is 19.9 Å². The van der Waals surface area contributed by atoms with Crippen molar-refractivity contribution < 1.29 is 9.90 Å². The third-order valence-electron chi connectivity index (χ3n) is 7.53. The van der Waals surface area contributed by atoms with E-state index in [4.69, 9.17) is 23.2 Å². The van der Waals surface area contributed by atoms with Crippen molar-refractivity contribution in [2.24, 2.45) is 5.92 Å². The fourth-order valence-electron chi connectivity index (χ4n) is 5.46. The first-order valence-corrected chi connectivity index (χ1v) is 13.2. The molecule has 0 spiro atoms. The summed E-state index contributed by atoms with van der Waals surface area (Å²) in [4.78, 5) is 20.7. The number of nitrogens with one attached hydrogen (secondary N) is 1. The Balaban J connectivity index is 1.07. The lowest BCUT2D eigenvalue weighted by Gasteiger charge is -2.37. The summed E-state index contributed by atoms with van der Waals surface area (Å²) in [7, 11) is 0. The van der Waals surface area contributed by atoms with E-state index in [-0.39, 0.29) is 5.78 Å². The second-order valence-corrected chi connectivity index (χ2v) is 10.7. The van der Waals surface area contributed by atoms with Crippen molar-refractivity contribution in [1.29, 1.82) is 0 Å². The van der Waals surface area contributed by atoms with Gasteiger partial charge in [0.2, 0.25) is 0 Å². The molecule has 0 aliphatic carbocycles. The van der Waals surface area contributed by atoms with Crippen LogP contribution in [-0.2, 0) is 0 Å². The van der Waals surface area contributed by atoms with E-state index in [2.05, 4.69) is 21.0 Å². The van der Waals surface area contributed by atoms with Crippen molar-refractivity contribution in [3.8, 4) is 5.75 Å². The maximum absolute atomic E-state index is 12.4. The minimum absolute atomic E-state index is 0.0565. The summed E-state index contributed by atoms with van der Waals surface area (Å²) in [5.74, 6) is 1.52. The summed E-state index contributed by atoms with van der Waals surface area (Å²) < 4.78 is 0. The Morgan fingerprint density at radius 3 is 2.51 bits per heavy atom. The molecule has 2 aromatic carbocycles. The van der Waals surface area contributed by atoms with Crippen LogP contribution in [0.5, 0.6) is 5.75 Å². The maximum Gasteiger partial charge on any atom is 0.187 e. The van der Waals surface area contributed by atoms with Gasteiger partial charge >= 0.3 is 0 Å². The van der Waals surface area contributed by atoms with Gasteiger partial charge in [0.1, 0.15) is 5.75 Å². The van der Waals surface area contributed by atoms with Crippen LogP contribution in [0.1, 0.15) is 47.5 Å². The number of fused-ring (bicyclic) bond motifs is 1. The summed E-state index contributed by atoms with van der Waals surface area (Å²) in [6, 6.07) is 10.6. The van der Waals surface area contributed by atoms with Gasteiger partial charge in [-0.05, 0) is 92.6 Å². The largest absolute Gasteiger partial charge is 0.508 e. The van der Waals surface area contributed by atoms with Crippen LogP contribution in [0.2, 0.25) is 10.0 Å². The fraction of sp³-hybridized carbons (Fsp3) is 0.393. The topological polar surface area (TPSA) is 59.6 Å². The quantitative estimate of drug-likeness (QED) is 0.294. The number of benzene rings is 2. The van der Waals surface area contributed by atoms with Crippen LogP contribution in [0, 0.1) is 5.92 Å². The number of rotatable bonds is 6. The van der Waals surface area contributed by atoms with E-state index in [9.17, 15) is 9.90 Å². The highest BCUT2D eigenvalue weighted by Crippen LogP contribution is 2.35. The van der Waals surface area contributed by atoms with E-state index >= 15 is 0 Å². The van der Waals surface area contributed by atoms with Crippen molar-refractivity contribution in [1.82, 2.24) is 14.8 Å². The lowest BCUT2D eigenvalue weighted by atomic mass is 9.88. The standard InChI is InChI=1S/C28H31Cl2N3O2/c29-25-3-1-21(15-26(25)30)28(35)9-14-32-10-5-19(6-11-32)18-33-12-7-20(8-13-33)24-17-31-27-4-2-22(34)16-23(24)27/h1-4,9,14-17,19-20,31,34H,5-8,10-13,18H2/b14-9+. The van der Waals surface area contributed by atoms with E-state index in [0.29, 0.717) is 33.2 Å². The van der Waals surface area contributed by atoms with Crippen LogP contribution in [0.4, 0.5) is 0 Å². The number of nitrogens with zero attached hydrogens (tertiary/aromatic N) is 2. The average Bonchev–Trinajstić information content (AvgIpc) is 3.28. The number of phenolic OH excluding ortho intramolecular Hbond substituents is 1. The van der Waals surface area contributed by atoms with Gasteiger partial charge in [0, 0.05) is 54.6 Å². The summed E-state index contributed by atoms with van der Waals surface area (Å²) in [6.45, 7) is 5.35. The molecule has 35 heavy (non-hydrogen) atoms. The number of aromatic amines is 1. The lowest BCUT2D eigenvalue weighted by Crippen LogP contribution is -2.40. The van der Waals surface area contributed by atoms with Crippen molar-refractivity contribution in [3.05, 3.63) is 76.0 Å². The molecule has 2 aliphatic rings. The molecule has 0 saturated carbocycles. The molecule has 0 bridgehead atoms. The number of phenols is 1. The summed E-state index contributed by atoms with van der Waals surface area (Å²) in [5.41, 5.74) is 2.99. The molecule has 2 fully saturated rings. The predicted molar refractivity (Wildman–Crippen MR) is 143 cm³/mol. The fourth-order valence-corrected chi connectivity index (χ4v) is 5.76. The van der Waals surface area contributed by atoms with Crippen LogP contribution in [0.15, 0.2) is 54.9 Å². The lowest BCUT2D eigenvalue weighted by molar-refractivity contribution is 0.104. The van der Waals surface area contributed by atoms with Crippen molar-refractivity contribution in [3.63, 3.8) is 0 Å². The molecule has 2 saturated heterocycles. The van der Waals surface area contributed by atoms with E-state index in [1.54, 1.807) is 30.3 Å². The smallest absolute Gasteiger partial charge is 0.187 e. The SMILES string of the molecule is O=C(/C=C/N1CCC(CN2CCC(c3c[nH]c4ccc(O)cc34)CC2)CC1)c1ccc(Cl)c(Cl)c1. The van der Waals surface area contributed by atoms with E-state index in [0.717, 1.165) is 69.3 Å². The van der Waals surface area contributed by atoms with Gasteiger partial charge in [-0.2, -0.15) is 0 Å². The molecule has 2 N–H and O–H groups in total. The summed E-state index contributed by atoms with van der Waals surface area (Å²) in [6.07, 6.45) is 10.3. The van der Waals surface area contributed by atoms with E-state index in [1.165, 1.54) is 5.56 Å². The zero-order valence-corrected chi connectivity index (χ0v) is 21.2. The van der Waals surface area contributed by atoms with Gasteiger partial charge in [-0.25, -0.2) is 0 Å². The minimum atomic E-state index is -0.0565. The van der Waals surface area contributed by atoms with E-state index < -0.39 is 0 Å². The number of carbonyl (C=O) groups is 1. The molecule has 0 amide bonds. The Morgan fingerprint density at radius 2 is 1.77 bits per heavy atom. The average molecular weight is 512 g/mol. The number of H-pyrrole nitrogens is 1. The first-order chi connectivity index (χ1) is 17.0. The van der Waals surface area contributed by atoms with Crippen LogP contribution in [-0.4, -0.2) is 58.4 Å². The zero-order valence-electron chi connectivity index (χ0n) is 19.7. The third-order valence-corrected chi connectivity index (χ3v) is 8.27. The Morgan fingerprint density at radius 1 is 1.00 bits per heavy atom. The molecule has 1 aromatic heterocycles. The Labute approximate surface area is 216 Å². The molecule has 0 radical (unpaired) electrons. The molecule has 2 aliphatic heterocycles. The first kappa shape index (κ1) is 24.2. The normalized spacial score (nSPS) is 18.6.